The van der Waals surface area contributed by atoms with E-state index in [4.69, 9.17) is 0 Å². The van der Waals surface area contributed by atoms with Crippen LogP contribution in [-0.4, -0.2) is 41.1 Å². The SMILES string of the molecule is C[C@H](c1ccc(F)c(F)c1)N(C)C(=O)CCN1C(=O)[C@H]2CCCC[C@H]2C1=O. The Bertz CT molecular complexity index is 744. The number of halogens is 2. The van der Waals surface area contributed by atoms with Gasteiger partial charge in [0, 0.05) is 20.0 Å². The first-order chi connectivity index (χ1) is 12.8. The van der Waals surface area contributed by atoms with E-state index in [1.165, 1.54) is 15.9 Å². The molecule has 2 fully saturated rings. The number of carbonyl (C=O) groups is 3. The molecule has 2 aliphatic rings. The summed E-state index contributed by atoms with van der Waals surface area (Å²) in [6.07, 6.45) is 3.42. The van der Waals surface area contributed by atoms with Gasteiger partial charge in [0.15, 0.2) is 11.6 Å². The lowest BCUT2D eigenvalue weighted by Crippen LogP contribution is -2.36. The molecule has 0 unspecified atom stereocenters. The molecule has 7 heteroatoms. The molecule has 27 heavy (non-hydrogen) atoms. The fourth-order valence-corrected chi connectivity index (χ4v) is 4.05. The fraction of sp³-hybridized carbons (Fsp3) is 0.550. The van der Waals surface area contributed by atoms with Crippen LogP contribution in [0.2, 0.25) is 0 Å². The Balaban J connectivity index is 1.60. The zero-order valence-electron chi connectivity index (χ0n) is 15.6. The van der Waals surface area contributed by atoms with Gasteiger partial charge in [-0.3, -0.25) is 19.3 Å². The van der Waals surface area contributed by atoms with Crippen molar-refractivity contribution in [3.8, 4) is 0 Å². The third-order valence-electron chi connectivity index (χ3n) is 5.88. The van der Waals surface area contributed by atoms with Gasteiger partial charge in [0.05, 0.1) is 17.9 Å². The maximum Gasteiger partial charge on any atom is 0.233 e. The van der Waals surface area contributed by atoms with Crippen molar-refractivity contribution in [2.45, 2.75) is 45.1 Å². The minimum atomic E-state index is -0.962. The molecule has 0 radical (unpaired) electrons. The highest BCUT2D eigenvalue weighted by Crippen LogP contribution is 2.38. The van der Waals surface area contributed by atoms with Gasteiger partial charge in [0.2, 0.25) is 17.7 Å². The van der Waals surface area contributed by atoms with Crippen LogP contribution in [0.3, 0.4) is 0 Å². The molecule has 1 aromatic rings. The summed E-state index contributed by atoms with van der Waals surface area (Å²) in [5.74, 6) is -2.92. The third kappa shape index (κ3) is 3.73. The van der Waals surface area contributed by atoms with Crippen LogP contribution in [0.1, 0.15) is 50.6 Å². The largest absolute Gasteiger partial charge is 0.339 e. The second-order valence-corrected chi connectivity index (χ2v) is 7.43. The number of amides is 3. The van der Waals surface area contributed by atoms with Crippen molar-refractivity contribution in [2.75, 3.05) is 13.6 Å². The predicted molar refractivity (Wildman–Crippen MR) is 94.3 cm³/mol. The molecule has 0 N–H and O–H groups in total. The Labute approximate surface area is 157 Å². The van der Waals surface area contributed by atoms with Crippen LogP contribution in [-0.2, 0) is 14.4 Å². The van der Waals surface area contributed by atoms with Crippen molar-refractivity contribution >= 4 is 17.7 Å². The summed E-state index contributed by atoms with van der Waals surface area (Å²) < 4.78 is 26.5. The van der Waals surface area contributed by atoms with E-state index in [2.05, 4.69) is 0 Å². The quantitative estimate of drug-likeness (QED) is 0.740. The van der Waals surface area contributed by atoms with E-state index >= 15 is 0 Å². The lowest BCUT2D eigenvalue weighted by molar-refractivity contribution is -0.141. The first kappa shape index (κ1) is 19.5. The standard InChI is InChI=1S/C20H24F2N2O3/c1-12(13-7-8-16(21)17(22)11-13)23(2)18(25)9-10-24-19(26)14-5-3-4-6-15(14)20(24)27/h7-8,11-12,14-15H,3-6,9-10H2,1-2H3/t12-,14-,15+/m1/s1. The number of nitrogens with zero attached hydrogens (tertiary/aromatic N) is 2. The summed E-state index contributed by atoms with van der Waals surface area (Å²) in [5, 5.41) is 0. The van der Waals surface area contributed by atoms with Crippen molar-refractivity contribution in [1.82, 2.24) is 9.80 Å². The number of benzene rings is 1. The molecule has 0 aromatic heterocycles. The molecule has 1 heterocycles. The molecule has 0 spiro atoms. The Morgan fingerprint density at radius 1 is 1.15 bits per heavy atom. The normalized spacial score (nSPS) is 23.3. The number of carbonyl (C=O) groups excluding carboxylic acids is 3. The predicted octanol–water partition coefficient (Wildman–Crippen LogP) is 3.05. The number of imide groups is 1. The van der Waals surface area contributed by atoms with Crippen molar-refractivity contribution in [3.63, 3.8) is 0 Å². The van der Waals surface area contributed by atoms with Crippen LogP contribution in [0.25, 0.3) is 0 Å². The van der Waals surface area contributed by atoms with Crippen LogP contribution in [0.5, 0.6) is 0 Å². The van der Waals surface area contributed by atoms with Crippen molar-refractivity contribution in [2.24, 2.45) is 11.8 Å². The lowest BCUT2D eigenvalue weighted by Gasteiger charge is -2.26. The highest BCUT2D eigenvalue weighted by molar-refractivity contribution is 6.05. The molecule has 3 amide bonds. The smallest absolute Gasteiger partial charge is 0.233 e. The van der Waals surface area contributed by atoms with Gasteiger partial charge in [-0.1, -0.05) is 18.9 Å². The van der Waals surface area contributed by atoms with E-state index in [9.17, 15) is 23.2 Å². The van der Waals surface area contributed by atoms with E-state index < -0.39 is 17.7 Å². The van der Waals surface area contributed by atoms with Gasteiger partial charge >= 0.3 is 0 Å². The Hall–Kier alpha value is -2.31. The third-order valence-corrected chi connectivity index (χ3v) is 5.88. The van der Waals surface area contributed by atoms with Crippen LogP contribution < -0.4 is 0 Å². The van der Waals surface area contributed by atoms with Crippen molar-refractivity contribution in [1.29, 1.82) is 0 Å². The van der Waals surface area contributed by atoms with Gasteiger partial charge in [-0.15, -0.1) is 0 Å². The summed E-state index contributed by atoms with van der Waals surface area (Å²) in [6, 6.07) is 3.08. The minimum Gasteiger partial charge on any atom is -0.339 e. The number of likely N-dealkylation sites (tertiary alicyclic amines) is 1. The highest BCUT2D eigenvalue weighted by atomic mass is 19.2. The Morgan fingerprint density at radius 2 is 1.74 bits per heavy atom. The zero-order valence-corrected chi connectivity index (χ0v) is 15.6. The Morgan fingerprint density at radius 3 is 2.30 bits per heavy atom. The summed E-state index contributed by atoms with van der Waals surface area (Å²) in [5.41, 5.74) is 0.476. The second kappa shape index (κ2) is 7.74. The maximum atomic E-state index is 13.4. The summed E-state index contributed by atoms with van der Waals surface area (Å²) in [4.78, 5) is 40.1. The molecule has 1 aromatic carbocycles. The zero-order chi connectivity index (χ0) is 19.7. The van der Waals surface area contributed by atoms with Crippen molar-refractivity contribution < 1.29 is 23.2 Å². The van der Waals surface area contributed by atoms with E-state index in [0.29, 0.717) is 5.56 Å². The van der Waals surface area contributed by atoms with Crippen LogP contribution >= 0.6 is 0 Å². The topological polar surface area (TPSA) is 57.7 Å². The minimum absolute atomic E-state index is 0.0153. The molecular formula is C20H24F2N2O3. The van der Waals surface area contributed by atoms with Gasteiger partial charge in [0.25, 0.3) is 0 Å². The molecule has 5 nitrogen and oxygen atoms in total. The first-order valence-corrected chi connectivity index (χ1v) is 9.37. The summed E-state index contributed by atoms with van der Waals surface area (Å²) >= 11 is 0. The molecule has 146 valence electrons. The van der Waals surface area contributed by atoms with Gasteiger partial charge in [-0.05, 0) is 37.5 Å². The Kier molecular flexibility index (Phi) is 5.58. The number of hydrogen-bond donors (Lipinski definition) is 0. The van der Waals surface area contributed by atoms with Crippen LogP contribution in [0, 0.1) is 23.5 Å². The fourth-order valence-electron chi connectivity index (χ4n) is 4.05. The molecular weight excluding hydrogens is 354 g/mol. The number of hydrogen-bond acceptors (Lipinski definition) is 3. The highest BCUT2D eigenvalue weighted by Gasteiger charge is 2.47. The summed E-state index contributed by atoms with van der Waals surface area (Å²) in [6.45, 7) is 1.78. The van der Waals surface area contributed by atoms with Crippen molar-refractivity contribution in [3.05, 3.63) is 35.4 Å². The van der Waals surface area contributed by atoms with E-state index in [1.807, 2.05) is 0 Å². The first-order valence-electron chi connectivity index (χ1n) is 9.37. The lowest BCUT2D eigenvalue weighted by atomic mass is 9.81. The molecule has 1 aliphatic heterocycles. The van der Waals surface area contributed by atoms with Gasteiger partial charge in [-0.25, -0.2) is 8.78 Å². The van der Waals surface area contributed by atoms with E-state index in [1.54, 1.807) is 14.0 Å². The van der Waals surface area contributed by atoms with Gasteiger partial charge in [0.1, 0.15) is 0 Å². The molecule has 1 aliphatic carbocycles. The molecule has 1 saturated carbocycles. The van der Waals surface area contributed by atoms with Crippen LogP contribution in [0.4, 0.5) is 8.78 Å². The monoisotopic (exact) mass is 378 g/mol. The molecule has 3 rings (SSSR count). The second-order valence-electron chi connectivity index (χ2n) is 7.43. The van der Waals surface area contributed by atoms with E-state index in [-0.39, 0.29) is 42.5 Å². The molecule has 1 saturated heterocycles. The van der Waals surface area contributed by atoms with Gasteiger partial charge < -0.3 is 4.90 Å². The van der Waals surface area contributed by atoms with Crippen LogP contribution in [0.15, 0.2) is 18.2 Å². The maximum absolute atomic E-state index is 13.4. The van der Waals surface area contributed by atoms with Gasteiger partial charge in [-0.2, -0.15) is 0 Å². The average Bonchev–Trinajstić information content (AvgIpc) is 2.91. The number of fused-ring (bicyclic) bond motifs is 1. The van der Waals surface area contributed by atoms with E-state index in [0.717, 1.165) is 37.8 Å². The number of rotatable bonds is 5. The molecule has 3 atom stereocenters. The molecule has 0 bridgehead atoms. The summed E-state index contributed by atoms with van der Waals surface area (Å²) in [7, 11) is 1.57. The average molecular weight is 378 g/mol.